The summed E-state index contributed by atoms with van der Waals surface area (Å²) in [6.45, 7) is 3.62. The standard InChI is InChI=1S/C21H20N2O4/c1-12-7-15(26-2)5-3-14(12)9-22-20-18-11-27-10-17(18)16-8-13(21(24)25)4-6-19(16)23-20/h3-8H,9-11H2,1-2H3,(H,22,23)(H,24,25). The number of hydrogen-bond donors (Lipinski definition) is 2. The lowest BCUT2D eigenvalue weighted by atomic mass is 10.0. The van der Waals surface area contributed by atoms with E-state index in [2.05, 4.69) is 5.32 Å². The third-order valence-electron chi connectivity index (χ3n) is 4.94. The Morgan fingerprint density at radius 2 is 2.04 bits per heavy atom. The van der Waals surface area contributed by atoms with Gasteiger partial charge < -0.3 is 19.9 Å². The number of anilines is 1. The van der Waals surface area contributed by atoms with E-state index in [9.17, 15) is 9.90 Å². The molecule has 2 heterocycles. The molecule has 6 heteroatoms. The number of ether oxygens (including phenoxy) is 2. The van der Waals surface area contributed by atoms with Gasteiger partial charge in [0.2, 0.25) is 0 Å². The smallest absolute Gasteiger partial charge is 0.335 e. The molecule has 2 N–H and O–H groups in total. The second kappa shape index (κ2) is 6.89. The fourth-order valence-electron chi connectivity index (χ4n) is 3.40. The summed E-state index contributed by atoms with van der Waals surface area (Å²) in [6.07, 6.45) is 0. The summed E-state index contributed by atoms with van der Waals surface area (Å²) in [6, 6.07) is 11.0. The maximum Gasteiger partial charge on any atom is 0.335 e. The molecule has 0 saturated heterocycles. The van der Waals surface area contributed by atoms with E-state index in [0.717, 1.165) is 44.7 Å². The molecule has 4 rings (SSSR count). The minimum Gasteiger partial charge on any atom is -0.497 e. The molecule has 0 amide bonds. The molecule has 0 bridgehead atoms. The van der Waals surface area contributed by atoms with E-state index in [0.29, 0.717) is 19.8 Å². The van der Waals surface area contributed by atoms with E-state index < -0.39 is 5.97 Å². The molecule has 0 atom stereocenters. The Balaban J connectivity index is 1.68. The lowest BCUT2D eigenvalue weighted by Gasteiger charge is -2.14. The van der Waals surface area contributed by atoms with Gasteiger partial charge in [0.05, 0.1) is 31.4 Å². The Morgan fingerprint density at radius 1 is 1.22 bits per heavy atom. The first-order chi connectivity index (χ1) is 13.1. The molecule has 6 nitrogen and oxygen atoms in total. The molecule has 27 heavy (non-hydrogen) atoms. The number of aryl methyl sites for hydroxylation is 1. The molecular weight excluding hydrogens is 344 g/mol. The van der Waals surface area contributed by atoms with Crippen molar-refractivity contribution in [1.29, 1.82) is 0 Å². The number of fused-ring (bicyclic) bond motifs is 3. The normalized spacial score (nSPS) is 12.8. The molecule has 0 radical (unpaired) electrons. The molecule has 2 aromatic carbocycles. The largest absolute Gasteiger partial charge is 0.497 e. The fourth-order valence-corrected chi connectivity index (χ4v) is 3.40. The van der Waals surface area contributed by atoms with Crippen LogP contribution in [0.15, 0.2) is 36.4 Å². The molecule has 0 saturated carbocycles. The average Bonchev–Trinajstić information content (AvgIpc) is 3.16. The predicted octanol–water partition coefficient (Wildman–Crippen LogP) is 3.89. The maximum absolute atomic E-state index is 11.3. The number of nitrogens with one attached hydrogen (secondary N) is 1. The van der Waals surface area contributed by atoms with Crippen molar-refractivity contribution in [3.63, 3.8) is 0 Å². The van der Waals surface area contributed by atoms with E-state index >= 15 is 0 Å². The topological polar surface area (TPSA) is 80.7 Å². The summed E-state index contributed by atoms with van der Waals surface area (Å²) in [5, 5.41) is 13.5. The van der Waals surface area contributed by atoms with Gasteiger partial charge >= 0.3 is 5.97 Å². The van der Waals surface area contributed by atoms with Crippen molar-refractivity contribution in [1.82, 2.24) is 4.98 Å². The zero-order valence-corrected chi connectivity index (χ0v) is 15.2. The van der Waals surface area contributed by atoms with Crippen LogP contribution in [-0.2, 0) is 24.5 Å². The van der Waals surface area contributed by atoms with Gasteiger partial charge in [-0.25, -0.2) is 9.78 Å². The van der Waals surface area contributed by atoms with Gasteiger partial charge in [-0.1, -0.05) is 6.07 Å². The first-order valence-electron chi connectivity index (χ1n) is 8.70. The predicted molar refractivity (Wildman–Crippen MR) is 102 cm³/mol. The first-order valence-corrected chi connectivity index (χ1v) is 8.70. The number of carboxylic acid groups (broad SMARTS) is 1. The van der Waals surface area contributed by atoms with Gasteiger partial charge in [0.25, 0.3) is 0 Å². The molecule has 0 fully saturated rings. The minimum absolute atomic E-state index is 0.257. The highest BCUT2D eigenvalue weighted by Crippen LogP contribution is 2.33. The molecule has 0 aliphatic carbocycles. The molecular formula is C21H20N2O4. The number of rotatable bonds is 5. The Hall–Kier alpha value is -3.12. The summed E-state index contributed by atoms with van der Waals surface area (Å²) in [7, 11) is 1.66. The highest BCUT2D eigenvalue weighted by Gasteiger charge is 2.21. The molecule has 1 aliphatic heterocycles. The van der Waals surface area contributed by atoms with Gasteiger partial charge in [-0.15, -0.1) is 0 Å². The van der Waals surface area contributed by atoms with Crippen molar-refractivity contribution in [2.24, 2.45) is 0 Å². The van der Waals surface area contributed by atoms with E-state index in [1.54, 1.807) is 25.3 Å². The van der Waals surface area contributed by atoms with Gasteiger partial charge in [-0.2, -0.15) is 0 Å². The molecule has 138 valence electrons. The van der Waals surface area contributed by atoms with Gasteiger partial charge in [0, 0.05) is 17.5 Å². The van der Waals surface area contributed by atoms with Crippen LogP contribution in [0.2, 0.25) is 0 Å². The quantitative estimate of drug-likeness (QED) is 0.715. The maximum atomic E-state index is 11.3. The van der Waals surface area contributed by atoms with E-state index in [4.69, 9.17) is 14.5 Å². The van der Waals surface area contributed by atoms with Crippen molar-refractivity contribution in [2.45, 2.75) is 26.7 Å². The van der Waals surface area contributed by atoms with E-state index in [-0.39, 0.29) is 5.56 Å². The van der Waals surface area contributed by atoms with Crippen LogP contribution in [0.1, 0.15) is 32.6 Å². The van der Waals surface area contributed by atoms with E-state index in [1.165, 1.54) is 0 Å². The molecule has 1 aliphatic rings. The SMILES string of the molecule is COc1ccc(CNc2nc3ccc(C(=O)O)cc3c3c2COC3)c(C)c1. The second-order valence-electron chi connectivity index (χ2n) is 6.59. The summed E-state index contributed by atoms with van der Waals surface area (Å²) < 4.78 is 10.9. The minimum atomic E-state index is -0.943. The van der Waals surface area contributed by atoms with Crippen LogP contribution in [0.4, 0.5) is 5.82 Å². The highest BCUT2D eigenvalue weighted by molar-refractivity contribution is 5.95. The van der Waals surface area contributed by atoms with Crippen LogP contribution in [0.5, 0.6) is 5.75 Å². The Bertz CT molecular complexity index is 1050. The summed E-state index contributed by atoms with van der Waals surface area (Å²) in [5.74, 6) is 0.679. The summed E-state index contributed by atoms with van der Waals surface area (Å²) >= 11 is 0. The third kappa shape index (κ3) is 3.19. The first kappa shape index (κ1) is 17.3. The number of hydrogen-bond acceptors (Lipinski definition) is 5. The van der Waals surface area contributed by atoms with Gasteiger partial charge in [0.15, 0.2) is 0 Å². The van der Waals surface area contributed by atoms with E-state index in [1.807, 2.05) is 25.1 Å². The van der Waals surface area contributed by atoms with Crippen molar-refractivity contribution in [3.05, 3.63) is 64.2 Å². The fraction of sp³-hybridized carbons (Fsp3) is 0.238. The zero-order chi connectivity index (χ0) is 19.0. The lowest BCUT2D eigenvalue weighted by Crippen LogP contribution is -2.07. The monoisotopic (exact) mass is 364 g/mol. The number of benzene rings is 2. The lowest BCUT2D eigenvalue weighted by molar-refractivity contribution is 0.0697. The van der Waals surface area contributed by atoms with Gasteiger partial charge in [-0.3, -0.25) is 0 Å². The molecule has 1 aromatic heterocycles. The molecule has 3 aromatic rings. The number of nitrogens with zero attached hydrogens (tertiary/aromatic N) is 1. The molecule has 0 spiro atoms. The Labute approximate surface area is 156 Å². The van der Waals surface area contributed by atoms with Crippen LogP contribution in [0.25, 0.3) is 10.9 Å². The van der Waals surface area contributed by atoms with Crippen molar-refractivity contribution >= 4 is 22.7 Å². The summed E-state index contributed by atoms with van der Waals surface area (Å²) in [5.41, 5.74) is 5.33. The number of methoxy groups -OCH3 is 1. The van der Waals surface area contributed by atoms with Crippen molar-refractivity contribution in [3.8, 4) is 5.75 Å². The van der Waals surface area contributed by atoms with Crippen molar-refractivity contribution < 1.29 is 19.4 Å². The second-order valence-corrected chi connectivity index (χ2v) is 6.59. The number of pyridine rings is 1. The highest BCUT2D eigenvalue weighted by atomic mass is 16.5. The van der Waals surface area contributed by atoms with Gasteiger partial charge in [0.1, 0.15) is 11.6 Å². The third-order valence-corrected chi connectivity index (χ3v) is 4.94. The van der Waals surface area contributed by atoms with Gasteiger partial charge in [-0.05, 0) is 53.9 Å². The summed E-state index contributed by atoms with van der Waals surface area (Å²) in [4.78, 5) is 16.0. The number of aromatic nitrogens is 1. The van der Waals surface area contributed by atoms with Crippen LogP contribution in [0.3, 0.4) is 0 Å². The number of carbonyl (C=O) groups is 1. The van der Waals surface area contributed by atoms with Crippen LogP contribution < -0.4 is 10.1 Å². The Kier molecular flexibility index (Phi) is 4.41. The van der Waals surface area contributed by atoms with Crippen LogP contribution in [-0.4, -0.2) is 23.2 Å². The van der Waals surface area contributed by atoms with Crippen molar-refractivity contribution in [2.75, 3.05) is 12.4 Å². The average molecular weight is 364 g/mol. The van der Waals surface area contributed by atoms with Crippen LogP contribution in [0, 0.1) is 6.92 Å². The number of carboxylic acids is 1. The number of aromatic carboxylic acids is 1. The van der Waals surface area contributed by atoms with Crippen LogP contribution >= 0.6 is 0 Å². The zero-order valence-electron chi connectivity index (χ0n) is 15.2. The Morgan fingerprint density at radius 3 is 2.78 bits per heavy atom. The molecule has 0 unspecified atom stereocenters.